The molecular weight excluding hydrogens is 396 g/mol. The van der Waals surface area contributed by atoms with E-state index < -0.39 is 0 Å². The van der Waals surface area contributed by atoms with Gasteiger partial charge in [0.25, 0.3) is 0 Å². The van der Waals surface area contributed by atoms with Gasteiger partial charge in [0.1, 0.15) is 11.9 Å². The van der Waals surface area contributed by atoms with Gasteiger partial charge < -0.3 is 4.74 Å². The molecule has 32 heavy (non-hydrogen) atoms. The molecule has 0 bridgehead atoms. The molecule has 0 N–H and O–H groups in total. The van der Waals surface area contributed by atoms with Gasteiger partial charge in [-0.05, 0) is 86.4 Å². The van der Waals surface area contributed by atoms with Gasteiger partial charge in [-0.1, -0.05) is 52.9 Å². The van der Waals surface area contributed by atoms with Crippen LogP contribution in [-0.2, 0) is 14.3 Å². The number of carbonyl (C=O) groups is 2. The first kappa shape index (κ1) is 22.9. The zero-order valence-corrected chi connectivity index (χ0v) is 20.9. The summed E-state index contributed by atoms with van der Waals surface area (Å²) in [5, 5.41) is 0. The van der Waals surface area contributed by atoms with Crippen molar-refractivity contribution in [1.82, 2.24) is 0 Å². The van der Waals surface area contributed by atoms with Crippen molar-refractivity contribution in [2.45, 2.75) is 123 Å². The van der Waals surface area contributed by atoms with E-state index in [1.54, 1.807) is 0 Å². The lowest BCUT2D eigenvalue weighted by molar-refractivity contribution is -0.168. The first-order valence-electron chi connectivity index (χ1n) is 14.0. The highest BCUT2D eigenvalue weighted by molar-refractivity contribution is 5.79. The van der Waals surface area contributed by atoms with E-state index in [1.807, 2.05) is 0 Å². The number of Topliss-reactive ketones (excluding diaryl/α,β-unsaturated/α-hetero) is 1. The van der Waals surface area contributed by atoms with E-state index in [9.17, 15) is 9.59 Å². The molecule has 0 saturated heterocycles. The largest absolute Gasteiger partial charge is 0.462 e. The summed E-state index contributed by atoms with van der Waals surface area (Å²) in [4.78, 5) is 25.2. The summed E-state index contributed by atoms with van der Waals surface area (Å²) in [6.45, 7) is 7.07. The molecule has 3 heteroatoms. The van der Waals surface area contributed by atoms with Crippen molar-refractivity contribution in [3.63, 3.8) is 0 Å². The minimum Gasteiger partial charge on any atom is -0.462 e. The SMILES string of the molecule is CC(CC1CCCCC1)C(=O)O[C@H]1CC[C@H]2[C@@H]3CCC4CC(=O)CC[C@]4(C)[C@H]3CC[C@]12C. The Hall–Kier alpha value is -0.860. The average Bonchev–Trinajstić information content (AvgIpc) is 3.11. The summed E-state index contributed by atoms with van der Waals surface area (Å²) in [5.41, 5.74) is 0.524. The van der Waals surface area contributed by atoms with Crippen molar-refractivity contribution < 1.29 is 14.3 Å². The van der Waals surface area contributed by atoms with Crippen LogP contribution < -0.4 is 0 Å². The van der Waals surface area contributed by atoms with E-state index >= 15 is 0 Å². The number of rotatable bonds is 4. The smallest absolute Gasteiger partial charge is 0.308 e. The summed E-state index contributed by atoms with van der Waals surface area (Å²) in [6, 6.07) is 0. The molecule has 180 valence electrons. The van der Waals surface area contributed by atoms with Crippen molar-refractivity contribution in [2.24, 2.45) is 46.3 Å². The fourth-order valence-corrected chi connectivity index (χ4v) is 9.47. The molecular formula is C29H46O3. The molecule has 0 aliphatic heterocycles. The third-order valence-electron chi connectivity index (χ3n) is 11.5. The lowest BCUT2D eigenvalue weighted by Crippen LogP contribution is -2.54. The number of hydrogen-bond acceptors (Lipinski definition) is 3. The molecule has 3 nitrogen and oxygen atoms in total. The molecule has 5 rings (SSSR count). The second kappa shape index (κ2) is 8.73. The summed E-state index contributed by atoms with van der Waals surface area (Å²) < 4.78 is 6.33. The molecule has 5 aliphatic rings. The Morgan fingerprint density at radius 3 is 2.47 bits per heavy atom. The molecule has 2 unspecified atom stereocenters. The first-order valence-corrected chi connectivity index (χ1v) is 14.0. The first-order chi connectivity index (χ1) is 15.3. The molecule has 5 aliphatic carbocycles. The molecule has 5 saturated carbocycles. The Morgan fingerprint density at radius 1 is 0.938 bits per heavy atom. The van der Waals surface area contributed by atoms with Crippen molar-refractivity contribution in [3.05, 3.63) is 0 Å². The van der Waals surface area contributed by atoms with Crippen LogP contribution in [0.2, 0.25) is 0 Å². The fraction of sp³-hybridized carbons (Fsp3) is 0.931. The van der Waals surface area contributed by atoms with Gasteiger partial charge in [-0.15, -0.1) is 0 Å². The highest BCUT2D eigenvalue weighted by Crippen LogP contribution is 2.66. The summed E-state index contributed by atoms with van der Waals surface area (Å²) in [7, 11) is 0. The fourth-order valence-electron chi connectivity index (χ4n) is 9.47. The van der Waals surface area contributed by atoms with Crippen LogP contribution in [0.1, 0.15) is 117 Å². The Kier molecular flexibility index (Phi) is 6.25. The third kappa shape index (κ3) is 3.88. The minimum atomic E-state index is 0.0474. The van der Waals surface area contributed by atoms with Gasteiger partial charge >= 0.3 is 5.97 Å². The second-order valence-corrected chi connectivity index (χ2v) is 13.1. The zero-order valence-electron chi connectivity index (χ0n) is 20.9. The van der Waals surface area contributed by atoms with Crippen LogP contribution in [0.5, 0.6) is 0 Å². The number of ketones is 1. The van der Waals surface area contributed by atoms with Gasteiger partial charge in [0.05, 0.1) is 5.92 Å². The number of ether oxygens (including phenoxy) is 1. The van der Waals surface area contributed by atoms with Crippen LogP contribution in [0, 0.1) is 46.3 Å². The van der Waals surface area contributed by atoms with Crippen LogP contribution in [0.15, 0.2) is 0 Å². The van der Waals surface area contributed by atoms with E-state index in [0.717, 1.165) is 49.9 Å². The van der Waals surface area contributed by atoms with Crippen LogP contribution in [0.4, 0.5) is 0 Å². The molecule has 0 radical (unpaired) electrons. The monoisotopic (exact) mass is 442 g/mol. The van der Waals surface area contributed by atoms with Crippen LogP contribution in [0.25, 0.3) is 0 Å². The lowest BCUT2D eigenvalue weighted by Gasteiger charge is -2.60. The van der Waals surface area contributed by atoms with Gasteiger partial charge in [0.15, 0.2) is 0 Å². The molecule has 0 aromatic rings. The highest BCUT2D eigenvalue weighted by atomic mass is 16.5. The molecule has 0 aromatic heterocycles. The van der Waals surface area contributed by atoms with Crippen molar-refractivity contribution in [2.75, 3.05) is 0 Å². The van der Waals surface area contributed by atoms with Crippen molar-refractivity contribution >= 4 is 11.8 Å². The molecule has 0 heterocycles. The molecule has 5 fully saturated rings. The number of fused-ring (bicyclic) bond motifs is 5. The summed E-state index contributed by atoms with van der Waals surface area (Å²) in [6.07, 6.45) is 17.8. The lowest BCUT2D eigenvalue weighted by atomic mass is 9.45. The van der Waals surface area contributed by atoms with Gasteiger partial charge in [-0.25, -0.2) is 0 Å². The number of carbonyl (C=O) groups excluding carboxylic acids is 2. The minimum absolute atomic E-state index is 0.0474. The van der Waals surface area contributed by atoms with Crippen LogP contribution >= 0.6 is 0 Å². The normalized spacial score (nSPS) is 45.5. The number of esters is 1. The quantitative estimate of drug-likeness (QED) is 0.435. The van der Waals surface area contributed by atoms with Crippen molar-refractivity contribution in [3.8, 4) is 0 Å². The maximum Gasteiger partial charge on any atom is 0.308 e. The van der Waals surface area contributed by atoms with E-state index in [4.69, 9.17) is 4.74 Å². The van der Waals surface area contributed by atoms with Gasteiger partial charge in [0, 0.05) is 18.3 Å². The summed E-state index contributed by atoms with van der Waals surface area (Å²) in [5.74, 6) is 4.21. The van der Waals surface area contributed by atoms with Gasteiger partial charge in [-0.3, -0.25) is 9.59 Å². The second-order valence-electron chi connectivity index (χ2n) is 13.1. The van der Waals surface area contributed by atoms with E-state index in [1.165, 1.54) is 64.2 Å². The van der Waals surface area contributed by atoms with Crippen LogP contribution in [0.3, 0.4) is 0 Å². The Labute approximate surface area is 195 Å². The molecule has 0 aromatic carbocycles. The molecule has 0 amide bonds. The summed E-state index contributed by atoms with van der Waals surface area (Å²) >= 11 is 0. The van der Waals surface area contributed by atoms with Gasteiger partial charge in [-0.2, -0.15) is 0 Å². The highest BCUT2D eigenvalue weighted by Gasteiger charge is 2.61. The van der Waals surface area contributed by atoms with Crippen molar-refractivity contribution in [1.29, 1.82) is 0 Å². The average molecular weight is 443 g/mol. The molecule has 0 spiro atoms. The Balaban J connectivity index is 1.24. The Morgan fingerprint density at radius 2 is 1.69 bits per heavy atom. The predicted molar refractivity (Wildman–Crippen MR) is 127 cm³/mol. The Bertz CT molecular complexity index is 724. The standard InChI is InChI=1S/C29H46O3/c1-19(17-20-7-5-4-6-8-20)27(31)32-26-12-11-24-23-10-9-21-18-22(30)13-15-28(21,2)25(23)14-16-29(24,26)3/h19-21,23-26H,4-18H2,1-3H3/t19?,21?,23-,24-,25-,26-,28-,29-/m0/s1. The number of hydrogen-bond donors (Lipinski definition) is 0. The predicted octanol–water partition coefficient (Wildman–Crippen LogP) is 7.12. The third-order valence-corrected chi connectivity index (χ3v) is 11.5. The zero-order chi connectivity index (χ0) is 22.5. The van der Waals surface area contributed by atoms with E-state index in [0.29, 0.717) is 23.0 Å². The molecule has 8 atom stereocenters. The van der Waals surface area contributed by atoms with Gasteiger partial charge in [0.2, 0.25) is 0 Å². The maximum absolute atomic E-state index is 13.1. The maximum atomic E-state index is 13.1. The van der Waals surface area contributed by atoms with E-state index in [-0.39, 0.29) is 23.4 Å². The topological polar surface area (TPSA) is 43.4 Å². The van der Waals surface area contributed by atoms with E-state index in [2.05, 4.69) is 20.8 Å². The van der Waals surface area contributed by atoms with Crippen LogP contribution in [-0.4, -0.2) is 17.9 Å².